The van der Waals surface area contributed by atoms with Gasteiger partial charge in [-0.25, -0.2) is 0 Å². The minimum absolute atomic E-state index is 0.0999. The molecule has 1 fully saturated rings. The summed E-state index contributed by atoms with van der Waals surface area (Å²) in [5.74, 6) is 2.44. The molecule has 0 aliphatic carbocycles. The SMILES string of the molecule is CC(C)(CNC1CSC1)OCCO. The zero-order valence-electron chi connectivity index (χ0n) is 8.38. The van der Waals surface area contributed by atoms with Crippen LogP contribution in [0, 0.1) is 0 Å². The van der Waals surface area contributed by atoms with Crippen LogP contribution in [0.3, 0.4) is 0 Å². The van der Waals surface area contributed by atoms with Crippen molar-refractivity contribution in [2.45, 2.75) is 25.5 Å². The second-order valence-corrected chi connectivity index (χ2v) is 5.02. The standard InChI is InChI=1S/C9H19NO2S/c1-9(2,12-4-3-11)7-10-8-5-13-6-8/h8,10-11H,3-7H2,1-2H3. The van der Waals surface area contributed by atoms with Crippen LogP contribution in [0.1, 0.15) is 13.8 Å². The molecule has 0 aromatic heterocycles. The largest absolute Gasteiger partial charge is 0.394 e. The molecule has 0 saturated carbocycles. The molecule has 4 heteroatoms. The predicted molar refractivity (Wildman–Crippen MR) is 56.2 cm³/mol. The van der Waals surface area contributed by atoms with Crippen LogP contribution in [0.5, 0.6) is 0 Å². The summed E-state index contributed by atoms with van der Waals surface area (Å²) in [5.41, 5.74) is -0.164. The van der Waals surface area contributed by atoms with E-state index in [1.165, 1.54) is 11.5 Å². The van der Waals surface area contributed by atoms with Gasteiger partial charge in [-0.1, -0.05) is 0 Å². The fourth-order valence-electron chi connectivity index (χ4n) is 1.12. The quantitative estimate of drug-likeness (QED) is 0.662. The lowest BCUT2D eigenvalue weighted by Gasteiger charge is -2.32. The number of ether oxygens (including phenoxy) is 1. The van der Waals surface area contributed by atoms with Gasteiger partial charge in [0, 0.05) is 24.1 Å². The van der Waals surface area contributed by atoms with Gasteiger partial charge >= 0.3 is 0 Å². The van der Waals surface area contributed by atoms with Gasteiger partial charge in [0.2, 0.25) is 0 Å². The van der Waals surface area contributed by atoms with Gasteiger partial charge in [-0.3, -0.25) is 0 Å². The van der Waals surface area contributed by atoms with Gasteiger partial charge in [-0.05, 0) is 13.8 Å². The maximum absolute atomic E-state index is 8.62. The lowest BCUT2D eigenvalue weighted by Crippen LogP contribution is -2.48. The van der Waals surface area contributed by atoms with Crippen LogP contribution >= 0.6 is 11.8 Å². The summed E-state index contributed by atoms with van der Waals surface area (Å²) < 4.78 is 5.48. The van der Waals surface area contributed by atoms with Gasteiger partial charge < -0.3 is 15.2 Å². The van der Waals surface area contributed by atoms with Crippen LogP contribution in [0.2, 0.25) is 0 Å². The minimum atomic E-state index is -0.164. The van der Waals surface area contributed by atoms with E-state index in [-0.39, 0.29) is 12.2 Å². The average Bonchev–Trinajstić information content (AvgIpc) is 1.98. The van der Waals surface area contributed by atoms with Crippen LogP contribution in [0.4, 0.5) is 0 Å². The molecule has 1 saturated heterocycles. The highest BCUT2D eigenvalue weighted by atomic mass is 32.2. The topological polar surface area (TPSA) is 41.5 Å². The van der Waals surface area contributed by atoms with Crippen molar-refractivity contribution in [2.75, 3.05) is 31.3 Å². The zero-order valence-corrected chi connectivity index (χ0v) is 9.19. The first-order valence-electron chi connectivity index (χ1n) is 4.70. The molecule has 1 aliphatic heterocycles. The molecule has 0 aromatic carbocycles. The molecular weight excluding hydrogens is 186 g/mol. The van der Waals surface area contributed by atoms with Gasteiger partial charge in [0.15, 0.2) is 0 Å². The Labute approximate surface area is 84.2 Å². The number of nitrogens with one attached hydrogen (secondary N) is 1. The van der Waals surface area contributed by atoms with Crippen molar-refractivity contribution >= 4 is 11.8 Å². The van der Waals surface area contributed by atoms with Gasteiger partial charge in [-0.15, -0.1) is 0 Å². The summed E-state index contributed by atoms with van der Waals surface area (Å²) in [6.45, 7) is 5.47. The first kappa shape index (κ1) is 11.3. The second-order valence-electron chi connectivity index (χ2n) is 3.95. The molecule has 1 heterocycles. The first-order valence-corrected chi connectivity index (χ1v) is 5.85. The van der Waals surface area contributed by atoms with Crippen molar-refractivity contribution in [3.05, 3.63) is 0 Å². The van der Waals surface area contributed by atoms with E-state index in [1.54, 1.807) is 0 Å². The van der Waals surface area contributed by atoms with E-state index < -0.39 is 0 Å². The molecule has 78 valence electrons. The third-order valence-corrected chi connectivity index (χ3v) is 3.31. The lowest BCUT2D eigenvalue weighted by molar-refractivity contribution is -0.0325. The molecule has 0 atom stereocenters. The smallest absolute Gasteiger partial charge is 0.0751 e. The van der Waals surface area contributed by atoms with Crippen molar-refractivity contribution in [3.63, 3.8) is 0 Å². The highest BCUT2D eigenvalue weighted by Crippen LogP contribution is 2.18. The molecule has 1 aliphatic rings. The van der Waals surface area contributed by atoms with Gasteiger partial charge in [-0.2, -0.15) is 11.8 Å². The Morgan fingerprint density at radius 2 is 2.23 bits per heavy atom. The number of hydrogen-bond acceptors (Lipinski definition) is 4. The van der Waals surface area contributed by atoms with E-state index in [0.29, 0.717) is 12.6 Å². The molecule has 3 nitrogen and oxygen atoms in total. The van der Waals surface area contributed by atoms with Crippen molar-refractivity contribution in [2.24, 2.45) is 0 Å². The fraction of sp³-hybridized carbons (Fsp3) is 1.00. The van der Waals surface area contributed by atoms with E-state index in [0.717, 1.165) is 6.54 Å². The normalized spacial score (nSPS) is 18.7. The lowest BCUT2D eigenvalue weighted by atomic mass is 10.1. The van der Waals surface area contributed by atoms with Crippen LogP contribution in [-0.2, 0) is 4.74 Å². The molecule has 0 radical (unpaired) electrons. The van der Waals surface area contributed by atoms with Crippen LogP contribution in [0.25, 0.3) is 0 Å². The summed E-state index contributed by atoms with van der Waals surface area (Å²) in [6.07, 6.45) is 0. The molecule has 0 aromatic rings. The number of rotatable bonds is 6. The van der Waals surface area contributed by atoms with E-state index >= 15 is 0 Å². The predicted octanol–water partition coefficient (Wildman–Crippen LogP) is 0.479. The van der Waals surface area contributed by atoms with Gasteiger partial charge in [0.05, 0.1) is 18.8 Å². The van der Waals surface area contributed by atoms with Crippen LogP contribution in [0.15, 0.2) is 0 Å². The number of thioether (sulfide) groups is 1. The maximum atomic E-state index is 8.62. The average molecular weight is 205 g/mol. The monoisotopic (exact) mass is 205 g/mol. The Morgan fingerprint density at radius 3 is 2.69 bits per heavy atom. The Kier molecular flexibility index (Phi) is 4.52. The van der Waals surface area contributed by atoms with E-state index in [9.17, 15) is 0 Å². The molecule has 0 unspecified atom stereocenters. The molecule has 0 amide bonds. The molecule has 2 N–H and O–H groups in total. The van der Waals surface area contributed by atoms with Crippen molar-refractivity contribution in [1.82, 2.24) is 5.32 Å². The first-order chi connectivity index (χ1) is 6.14. The summed E-state index contributed by atoms with van der Waals surface area (Å²) in [5, 5.41) is 12.1. The summed E-state index contributed by atoms with van der Waals surface area (Å²) in [4.78, 5) is 0. The van der Waals surface area contributed by atoms with Gasteiger partial charge in [0.25, 0.3) is 0 Å². The molecule has 13 heavy (non-hydrogen) atoms. The zero-order chi connectivity index (χ0) is 9.73. The summed E-state index contributed by atoms with van der Waals surface area (Å²) >= 11 is 1.97. The van der Waals surface area contributed by atoms with Crippen molar-refractivity contribution in [1.29, 1.82) is 0 Å². The number of hydrogen-bond donors (Lipinski definition) is 2. The highest BCUT2D eigenvalue weighted by molar-refractivity contribution is 8.00. The van der Waals surface area contributed by atoms with Crippen molar-refractivity contribution < 1.29 is 9.84 Å². The highest BCUT2D eigenvalue weighted by Gasteiger charge is 2.23. The second kappa shape index (κ2) is 5.20. The number of aliphatic hydroxyl groups is 1. The third-order valence-electron chi connectivity index (χ3n) is 2.04. The summed E-state index contributed by atoms with van der Waals surface area (Å²) in [7, 11) is 0. The van der Waals surface area contributed by atoms with E-state index in [2.05, 4.69) is 5.32 Å². The van der Waals surface area contributed by atoms with Gasteiger partial charge in [0.1, 0.15) is 0 Å². The molecule has 1 rings (SSSR count). The summed E-state index contributed by atoms with van der Waals surface area (Å²) in [6, 6.07) is 0.669. The Hall–Kier alpha value is 0.230. The minimum Gasteiger partial charge on any atom is -0.394 e. The van der Waals surface area contributed by atoms with E-state index in [1.807, 2.05) is 25.6 Å². The Morgan fingerprint density at radius 1 is 1.54 bits per heavy atom. The Balaban J connectivity index is 2.08. The third kappa shape index (κ3) is 4.31. The maximum Gasteiger partial charge on any atom is 0.0751 e. The number of aliphatic hydroxyl groups excluding tert-OH is 1. The molecule has 0 bridgehead atoms. The fourth-order valence-corrected chi connectivity index (χ4v) is 1.82. The Bertz CT molecular complexity index is 149. The molecular formula is C9H19NO2S. The molecule has 0 spiro atoms. The van der Waals surface area contributed by atoms with Crippen LogP contribution < -0.4 is 5.32 Å². The van der Waals surface area contributed by atoms with Crippen LogP contribution in [-0.4, -0.2) is 48.0 Å². The van der Waals surface area contributed by atoms with Crippen molar-refractivity contribution in [3.8, 4) is 0 Å². The van der Waals surface area contributed by atoms with E-state index in [4.69, 9.17) is 9.84 Å².